The molecule has 1 fully saturated rings. The molecule has 0 radical (unpaired) electrons. The summed E-state index contributed by atoms with van der Waals surface area (Å²) in [6.45, 7) is 3.62. The second kappa shape index (κ2) is 4.96. The summed E-state index contributed by atoms with van der Waals surface area (Å²) in [6, 6.07) is 1.31. The van der Waals surface area contributed by atoms with Gasteiger partial charge in [-0.3, -0.25) is 14.8 Å². The molecule has 2 heterocycles. The van der Waals surface area contributed by atoms with E-state index in [4.69, 9.17) is 0 Å². The van der Waals surface area contributed by atoms with Gasteiger partial charge in [0.2, 0.25) is 0 Å². The van der Waals surface area contributed by atoms with Gasteiger partial charge in [0.05, 0.1) is 11.9 Å². The monoisotopic (exact) mass is 237 g/mol. The van der Waals surface area contributed by atoms with E-state index in [9.17, 15) is 9.59 Å². The van der Waals surface area contributed by atoms with E-state index >= 15 is 0 Å². The third kappa shape index (κ3) is 3.28. The van der Waals surface area contributed by atoms with E-state index < -0.39 is 11.2 Å². The normalized spacial score (nSPS) is 17.8. The van der Waals surface area contributed by atoms with Crippen LogP contribution in [-0.4, -0.2) is 59.3 Å². The molecule has 1 aliphatic heterocycles. The average molecular weight is 237 g/mol. The number of nitrogens with zero attached hydrogens (tertiary/aromatic N) is 3. The van der Waals surface area contributed by atoms with Crippen molar-refractivity contribution in [3.05, 3.63) is 32.6 Å². The minimum atomic E-state index is -0.516. The summed E-state index contributed by atoms with van der Waals surface area (Å²) in [4.78, 5) is 28.9. The lowest BCUT2D eigenvalue weighted by molar-refractivity contribution is 0.159. The van der Waals surface area contributed by atoms with Gasteiger partial charge in [0, 0.05) is 32.2 Å². The smallest absolute Gasteiger partial charge is 0.306 e. The highest BCUT2D eigenvalue weighted by molar-refractivity contribution is 5.76. The zero-order valence-corrected chi connectivity index (χ0v) is 9.64. The quantitative estimate of drug-likeness (QED) is 0.622. The summed E-state index contributed by atoms with van der Waals surface area (Å²) in [7, 11) is 2.06. The topological polar surface area (TPSA) is 84.6 Å². The molecule has 7 nitrogen and oxygen atoms in total. The Morgan fingerprint density at radius 2 is 1.94 bits per heavy atom. The predicted octanol–water partition coefficient (Wildman–Crippen LogP) is -1.36. The van der Waals surface area contributed by atoms with E-state index in [-0.39, 0.29) is 0 Å². The lowest BCUT2D eigenvalue weighted by atomic mass is 10.4. The number of likely N-dealkylation sites (N-methyl/N-ethyl adjacent to an activating group) is 1. The SMILES string of the molecule is CN1CCN(N=Cc2cc(=O)[nH]c(=O)[nH]2)CC1. The van der Waals surface area contributed by atoms with Crippen LogP contribution in [0.3, 0.4) is 0 Å². The van der Waals surface area contributed by atoms with E-state index in [1.807, 2.05) is 5.01 Å². The first-order chi connectivity index (χ1) is 8.13. The first-order valence-corrected chi connectivity index (χ1v) is 5.44. The molecule has 1 saturated heterocycles. The third-order valence-corrected chi connectivity index (χ3v) is 2.62. The largest absolute Gasteiger partial charge is 0.326 e. The van der Waals surface area contributed by atoms with Gasteiger partial charge in [0.25, 0.3) is 5.56 Å². The van der Waals surface area contributed by atoms with Crippen LogP contribution >= 0.6 is 0 Å². The van der Waals surface area contributed by atoms with Crippen molar-refractivity contribution in [2.75, 3.05) is 33.2 Å². The van der Waals surface area contributed by atoms with Crippen LogP contribution < -0.4 is 11.2 Å². The van der Waals surface area contributed by atoms with Gasteiger partial charge in [-0.05, 0) is 7.05 Å². The van der Waals surface area contributed by atoms with Gasteiger partial charge in [-0.15, -0.1) is 0 Å². The van der Waals surface area contributed by atoms with Crippen molar-refractivity contribution < 1.29 is 0 Å². The number of hydrazone groups is 1. The zero-order valence-electron chi connectivity index (χ0n) is 9.64. The Morgan fingerprint density at radius 3 is 2.59 bits per heavy atom. The van der Waals surface area contributed by atoms with Crippen LogP contribution in [-0.2, 0) is 0 Å². The van der Waals surface area contributed by atoms with Gasteiger partial charge in [-0.1, -0.05) is 0 Å². The average Bonchev–Trinajstić information content (AvgIpc) is 2.27. The van der Waals surface area contributed by atoms with E-state index in [1.165, 1.54) is 12.3 Å². The minimum absolute atomic E-state index is 0.415. The predicted molar refractivity (Wildman–Crippen MR) is 64.3 cm³/mol. The van der Waals surface area contributed by atoms with Gasteiger partial charge in [-0.2, -0.15) is 5.10 Å². The van der Waals surface area contributed by atoms with Crippen LogP contribution in [0.2, 0.25) is 0 Å². The molecule has 0 aromatic carbocycles. The Hall–Kier alpha value is -1.89. The molecule has 1 aromatic heterocycles. The van der Waals surface area contributed by atoms with Crippen LogP contribution in [0.4, 0.5) is 0 Å². The number of H-pyrrole nitrogens is 2. The maximum Gasteiger partial charge on any atom is 0.326 e. The fourth-order valence-electron chi connectivity index (χ4n) is 1.61. The number of hydrogen-bond donors (Lipinski definition) is 2. The second-order valence-electron chi connectivity index (χ2n) is 4.04. The Bertz CT molecular complexity index is 482. The van der Waals surface area contributed by atoms with Gasteiger partial charge >= 0.3 is 5.69 Å². The first-order valence-electron chi connectivity index (χ1n) is 5.44. The van der Waals surface area contributed by atoms with Crippen LogP contribution in [0.1, 0.15) is 5.69 Å². The number of piperazine rings is 1. The molecule has 92 valence electrons. The van der Waals surface area contributed by atoms with Gasteiger partial charge < -0.3 is 9.88 Å². The maximum absolute atomic E-state index is 11.0. The highest BCUT2D eigenvalue weighted by Gasteiger charge is 2.10. The maximum atomic E-state index is 11.0. The molecule has 0 amide bonds. The summed E-state index contributed by atoms with van der Waals surface area (Å²) in [6.07, 6.45) is 1.50. The summed E-state index contributed by atoms with van der Waals surface area (Å²) >= 11 is 0. The number of aromatic nitrogens is 2. The molecule has 0 bridgehead atoms. The molecule has 2 N–H and O–H groups in total. The molecule has 1 aromatic rings. The standard InChI is InChI=1S/C10H15N5O2/c1-14-2-4-15(5-3-14)11-7-8-6-9(16)13-10(17)12-8/h6-7H,2-5H2,1H3,(H2,12,13,16,17). The highest BCUT2D eigenvalue weighted by atomic mass is 16.2. The molecular formula is C10H15N5O2. The molecule has 2 rings (SSSR count). The van der Waals surface area contributed by atoms with Crippen molar-refractivity contribution >= 4 is 6.21 Å². The molecule has 7 heteroatoms. The second-order valence-corrected chi connectivity index (χ2v) is 4.04. The molecule has 0 saturated carbocycles. The Kier molecular flexibility index (Phi) is 3.38. The molecular weight excluding hydrogens is 222 g/mol. The summed E-state index contributed by atoms with van der Waals surface area (Å²) in [5.41, 5.74) is -0.524. The fraction of sp³-hybridized carbons (Fsp3) is 0.500. The Labute approximate surface area is 97.8 Å². The van der Waals surface area contributed by atoms with Crippen molar-refractivity contribution in [1.82, 2.24) is 19.9 Å². The van der Waals surface area contributed by atoms with Crippen molar-refractivity contribution in [2.45, 2.75) is 0 Å². The molecule has 0 atom stereocenters. The van der Waals surface area contributed by atoms with Crippen molar-refractivity contribution in [2.24, 2.45) is 5.10 Å². The summed E-state index contributed by atoms with van der Waals surface area (Å²) in [5, 5.41) is 6.15. The number of rotatable bonds is 2. The van der Waals surface area contributed by atoms with Crippen LogP contribution in [0.5, 0.6) is 0 Å². The molecule has 17 heavy (non-hydrogen) atoms. The fourth-order valence-corrected chi connectivity index (χ4v) is 1.61. The van der Waals surface area contributed by atoms with Gasteiger partial charge in [0.15, 0.2) is 0 Å². The van der Waals surface area contributed by atoms with E-state index in [2.05, 4.69) is 27.0 Å². The van der Waals surface area contributed by atoms with Crippen molar-refractivity contribution in [3.8, 4) is 0 Å². The molecule has 1 aliphatic rings. The third-order valence-electron chi connectivity index (χ3n) is 2.62. The zero-order chi connectivity index (χ0) is 12.3. The molecule has 0 spiro atoms. The minimum Gasteiger partial charge on any atom is -0.306 e. The first kappa shape index (κ1) is 11.6. The van der Waals surface area contributed by atoms with Crippen LogP contribution in [0.15, 0.2) is 20.8 Å². The Balaban J connectivity index is 2.05. The summed E-state index contributed by atoms with van der Waals surface area (Å²) < 4.78 is 0. The van der Waals surface area contributed by atoms with Gasteiger partial charge in [0.1, 0.15) is 0 Å². The van der Waals surface area contributed by atoms with E-state index in [1.54, 1.807) is 0 Å². The number of nitrogens with one attached hydrogen (secondary N) is 2. The lowest BCUT2D eigenvalue weighted by Crippen LogP contribution is -2.41. The van der Waals surface area contributed by atoms with E-state index in [0.717, 1.165) is 26.2 Å². The highest BCUT2D eigenvalue weighted by Crippen LogP contribution is 1.98. The van der Waals surface area contributed by atoms with Crippen molar-refractivity contribution in [3.63, 3.8) is 0 Å². The lowest BCUT2D eigenvalue weighted by Gasteiger charge is -2.30. The molecule has 0 aliphatic carbocycles. The van der Waals surface area contributed by atoms with Crippen molar-refractivity contribution in [1.29, 1.82) is 0 Å². The van der Waals surface area contributed by atoms with E-state index in [0.29, 0.717) is 5.69 Å². The number of aromatic amines is 2. The molecule has 0 unspecified atom stereocenters. The van der Waals surface area contributed by atoms with Gasteiger partial charge in [-0.25, -0.2) is 4.79 Å². The summed E-state index contributed by atoms with van der Waals surface area (Å²) in [5.74, 6) is 0. The number of hydrogen-bond acceptors (Lipinski definition) is 5. The Morgan fingerprint density at radius 1 is 1.24 bits per heavy atom. The van der Waals surface area contributed by atoms with Crippen LogP contribution in [0.25, 0.3) is 0 Å². The van der Waals surface area contributed by atoms with Crippen LogP contribution in [0, 0.1) is 0 Å².